The van der Waals surface area contributed by atoms with Crippen molar-refractivity contribution in [3.05, 3.63) is 24.3 Å². The predicted octanol–water partition coefficient (Wildman–Crippen LogP) is 1.53. The standard InChI is InChI=1S/C14H22N2O4S/c1-10(2)8-13(14(17)18)15-21(19,20)12-7-5-6-11(9-12)16(3)4/h5-7,9-10,13,15H,8H2,1-4H3,(H,17,18)/t13-/m0/s1. The first-order valence-corrected chi connectivity index (χ1v) is 8.14. The summed E-state index contributed by atoms with van der Waals surface area (Å²) in [5.41, 5.74) is 0.730. The van der Waals surface area contributed by atoms with Crippen molar-refractivity contribution in [3.8, 4) is 0 Å². The van der Waals surface area contributed by atoms with E-state index in [0.717, 1.165) is 5.69 Å². The second-order valence-corrected chi connectivity index (χ2v) is 7.25. The lowest BCUT2D eigenvalue weighted by atomic mass is 10.1. The van der Waals surface area contributed by atoms with Crippen molar-refractivity contribution in [3.63, 3.8) is 0 Å². The van der Waals surface area contributed by atoms with Gasteiger partial charge in [-0.1, -0.05) is 19.9 Å². The number of sulfonamides is 1. The average molecular weight is 314 g/mol. The maximum Gasteiger partial charge on any atom is 0.321 e. The van der Waals surface area contributed by atoms with E-state index in [4.69, 9.17) is 5.11 Å². The van der Waals surface area contributed by atoms with Gasteiger partial charge in [-0.3, -0.25) is 4.79 Å². The highest BCUT2D eigenvalue weighted by Crippen LogP contribution is 2.18. The third-order valence-electron chi connectivity index (χ3n) is 2.95. The number of nitrogens with one attached hydrogen (secondary N) is 1. The lowest BCUT2D eigenvalue weighted by Gasteiger charge is -2.18. The third kappa shape index (κ3) is 5.02. The van der Waals surface area contributed by atoms with Crippen LogP contribution in [0.3, 0.4) is 0 Å². The van der Waals surface area contributed by atoms with E-state index in [1.165, 1.54) is 12.1 Å². The number of carboxylic acid groups (broad SMARTS) is 1. The fraction of sp³-hybridized carbons (Fsp3) is 0.500. The molecule has 0 aromatic heterocycles. The minimum absolute atomic E-state index is 0.0590. The predicted molar refractivity (Wildman–Crippen MR) is 82.0 cm³/mol. The Morgan fingerprint density at radius 2 is 1.95 bits per heavy atom. The zero-order valence-electron chi connectivity index (χ0n) is 12.7. The van der Waals surface area contributed by atoms with Gasteiger partial charge in [-0.15, -0.1) is 0 Å². The van der Waals surface area contributed by atoms with Gasteiger partial charge in [0.2, 0.25) is 10.0 Å². The first-order valence-electron chi connectivity index (χ1n) is 6.66. The number of nitrogens with zero attached hydrogens (tertiary/aromatic N) is 1. The molecular formula is C14H22N2O4S. The fourth-order valence-corrected chi connectivity index (χ4v) is 3.10. The largest absolute Gasteiger partial charge is 0.480 e. The highest BCUT2D eigenvalue weighted by Gasteiger charge is 2.26. The van der Waals surface area contributed by atoms with Gasteiger partial charge in [0.15, 0.2) is 0 Å². The van der Waals surface area contributed by atoms with Gasteiger partial charge in [-0.05, 0) is 30.5 Å². The Hall–Kier alpha value is -1.60. The van der Waals surface area contributed by atoms with Crippen LogP contribution in [0.4, 0.5) is 5.69 Å². The molecule has 1 atom stereocenters. The summed E-state index contributed by atoms with van der Waals surface area (Å²) in [4.78, 5) is 13.0. The normalized spacial score (nSPS) is 13.2. The van der Waals surface area contributed by atoms with E-state index in [0.29, 0.717) is 0 Å². The first-order chi connectivity index (χ1) is 9.63. The van der Waals surface area contributed by atoms with E-state index in [1.807, 2.05) is 13.8 Å². The van der Waals surface area contributed by atoms with Gasteiger partial charge in [-0.2, -0.15) is 4.72 Å². The number of aliphatic carboxylic acids is 1. The van der Waals surface area contributed by atoms with Crippen LogP contribution >= 0.6 is 0 Å². The molecule has 1 aromatic rings. The molecule has 0 aliphatic rings. The van der Waals surface area contributed by atoms with Crippen molar-refractivity contribution in [2.24, 2.45) is 5.92 Å². The van der Waals surface area contributed by atoms with Gasteiger partial charge in [0, 0.05) is 19.8 Å². The summed E-state index contributed by atoms with van der Waals surface area (Å²) in [6.45, 7) is 3.69. The Kier molecular flexibility index (Phi) is 5.74. The highest BCUT2D eigenvalue weighted by atomic mass is 32.2. The molecule has 0 saturated heterocycles. The summed E-state index contributed by atoms with van der Waals surface area (Å²) in [5, 5.41) is 9.14. The lowest BCUT2D eigenvalue weighted by Crippen LogP contribution is -2.41. The number of anilines is 1. The van der Waals surface area contributed by atoms with Crippen LogP contribution in [0.15, 0.2) is 29.2 Å². The minimum Gasteiger partial charge on any atom is -0.480 e. The van der Waals surface area contributed by atoms with Crippen LogP contribution in [0.5, 0.6) is 0 Å². The molecule has 1 aromatic carbocycles. The SMILES string of the molecule is CC(C)C[C@H](NS(=O)(=O)c1cccc(N(C)C)c1)C(=O)O. The van der Waals surface area contributed by atoms with Crippen molar-refractivity contribution >= 4 is 21.7 Å². The minimum atomic E-state index is -3.86. The Labute approximate surface area is 125 Å². The third-order valence-corrected chi connectivity index (χ3v) is 4.42. The van der Waals surface area contributed by atoms with Crippen LogP contribution in [0, 0.1) is 5.92 Å². The number of hydrogen-bond donors (Lipinski definition) is 2. The molecule has 118 valence electrons. The number of benzene rings is 1. The molecule has 1 rings (SSSR count). The number of carboxylic acids is 1. The number of carbonyl (C=O) groups is 1. The molecule has 0 heterocycles. The molecule has 7 heteroatoms. The van der Waals surface area contributed by atoms with E-state index in [-0.39, 0.29) is 17.2 Å². The van der Waals surface area contributed by atoms with E-state index >= 15 is 0 Å². The van der Waals surface area contributed by atoms with Crippen molar-refractivity contribution in [2.45, 2.75) is 31.2 Å². The van der Waals surface area contributed by atoms with Gasteiger partial charge in [-0.25, -0.2) is 8.42 Å². The van der Waals surface area contributed by atoms with E-state index < -0.39 is 22.0 Å². The van der Waals surface area contributed by atoms with Gasteiger partial charge in [0.05, 0.1) is 4.90 Å². The van der Waals surface area contributed by atoms with Crippen molar-refractivity contribution in [1.82, 2.24) is 4.72 Å². The molecule has 0 spiro atoms. The molecule has 0 aliphatic carbocycles. The van der Waals surface area contributed by atoms with Crippen molar-refractivity contribution in [1.29, 1.82) is 0 Å². The summed E-state index contributed by atoms with van der Waals surface area (Å²) >= 11 is 0. The maximum atomic E-state index is 12.3. The monoisotopic (exact) mass is 314 g/mol. The molecule has 2 N–H and O–H groups in total. The van der Waals surface area contributed by atoms with Crippen molar-refractivity contribution in [2.75, 3.05) is 19.0 Å². The van der Waals surface area contributed by atoms with Gasteiger partial charge in [0.25, 0.3) is 0 Å². The van der Waals surface area contributed by atoms with Crippen LogP contribution < -0.4 is 9.62 Å². The molecule has 21 heavy (non-hydrogen) atoms. The molecule has 0 fully saturated rings. The Balaban J connectivity index is 3.04. The molecule has 0 amide bonds. The summed E-state index contributed by atoms with van der Waals surface area (Å²) in [6.07, 6.45) is 0.238. The Morgan fingerprint density at radius 3 is 2.43 bits per heavy atom. The lowest BCUT2D eigenvalue weighted by molar-refractivity contribution is -0.139. The van der Waals surface area contributed by atoms with Crippen LogP contribution in [0.25, 0.3) is 0 Å². The first kappa shape index (κ1) is 17.5. The van der Waals surface area contributed by atoms with Gasteiger partial charge in [0.1, 0.15) is 6.04 Å². The van der Waals surface area contributed by atoms with Crippen molar-refractivity contribution < 1.29 is 18.3 Å². The average Bonchev–Trinajstić information content (AvgIpc) is 2.37. The quantitative estimate of drug-likeness (QED) is 0.797. The van der Waals surface area contributed by atoms with Gasteiger partial charge >= 0.3 is 5.97 Å². The fourth-order valence-electron chi connectivity index (χ4n) is 1.85. The second-order valence-electron chi connectivity index (χ2n) is 5.53. The Bertz CT molecular complexity index is 597. The van der Waals surface area contributed by atoms with E-state index in [9.17, 15) is 13.2 Å². The molecule has 0 saturated carbocycles. The summed E-state index contributed by atoms with van der Waals surface area (Å²) in [7, 11) is -0.257. The summed E-state index contributed by atoms with van der Waals surface area (Å²) in [5.74, 6) is -1.10. The van der Waals surface area contributed by atoms with Gasteiger partial charge < -0.3 is 10.0 Å². The van der Waals surface area contributed by atoms with Crippen LogP contribution in [-0.2, 0) is 14.8 Å². The summed E-state index contributed by atoms with van der Waals surface area (Å²) < 4.78 is 26.9. The zero-order chi connectivity index (χ0) is 16.2. The van der Waals surface area contributed by atoms with Crippen LogP contribution in [-0.4, -0.2) is 39.6 Å². The van der Waals surface area contributed by atoms with E-state index in [2.05, 4.69) is 4.72 Å². The second kappa shape index (κ2) is 6.91. The van der Waals surface area contributed by atoms with Crippen LogP contribution in [0.1, 0.15) is 20.3 Å². The highest BCUT2D eigenvalue weighted by molar-refractivity contribution is 7.89. The molecule has 0 aliphatic heterocycles. The molecule has 0 unspecified atom stereocenters. The Morgan fingerprint density at radius 1 is 1.33 bits per heavy atom. The molecule has 0 bridgehead atoms. The molecule has 6 nitrogen and oxygen atoms in total. The maximum absolute atomic E-state index is 12.3. The zero-order valence-corrected chi connectivity index (χ0v) is 13.5. The molecule has 0 radical (unpaired) electrons. The summed E-state index contributed by atoms with van der Waals surface area (Å²) in [6, 6.07) is 5.24. The van der Waals surface area contributed by atoms with E-state index in [1.54, 1.807) is 31.1 Å². The van der Waals surface area contributed by atoms with Crippen LogP contribution in [0.2, 0.25) is 0 Å². The topological polar surface area (TPSA) is 86.7 Å². The number of rotatable bonds is 7. The smallest absolute Gasteiger partial charge is 0.321 e. The number of hydrogen-bond acceptors (Lipinski definition) is 4. The molecular weight excluding hydrogens is 292 g/mol.